The van der Waals surface area contributed by atoms with Crippen LogP contribution in [0.1, 0.15) is 65.8 Å². The molecule has 0 N–H and O–H groups in total. The molecule has 1 aromatic rings. The summed E-state index contributed by atoms with van der Waals surface area (Å²) in [4.78, 5) is 17.3. The van der Waals surface area contributed by atoms with Gasteiger partial charge >= 0.3 is 0 Å². The number of fused-ring (bicyclic) bond motifs is 1. The van der Waals surface area contributed by atoms with E-state index in [-0.39, 0.29) is 0 Å². The molecule has 0 atom stereocenters. The highest BCUT2D eigenvalue weighted by Gasteiger charge is 2.24. The summed E-state index contributed by atoms with van der Waals surface area (Å²) in [6, 6.07) is 0. The third-order valence-corrected chi connectivity index (χ3v) is 4.42. The Kier molecular flexibility index (Phi) is 3.19. The molecule has 0 saturated carbocycles. The van der Waals surface area contributed by atoms with E-state index in [0.717, 1.165) is 42.7 Å². The van der Waals surface area contributed by atoms with Crippen LogP contribution >= 0.6 is 11.3 Å². The Morgan fingerprint density at radius 2 is 2.07 bits per heavy atom. The molecular formula is C12H17NOS. The number of rotatable bonds is 3. The predicted octanol–water partition coefficient (Wildman–Crippen LogP) is 3.57. The zero-order chi connectivity index (χ0) is 10.8. The van der Waals surface area contributed by atoms with Crippen LogP contribution in [0.5, 0.6) is 0 Å². The summed E-state index contributed by atoms with van der Waals surface area (Å²) in [5.41, 5.74) is 1.07. The Morgan fingerprint density at radius 1 is 1.33 bits per heavy atom. The van der Waals surface area contributed by atoms with Crippen molar-refractivity contribution in [3.63, 3.8) is 0 Å². The molecule has 2 nitrogen and oxygen atoms in total. The standard InChI is InChI=1S/C12H17NOS/c1-3-8(4-2)12-13-9-6-5-7-10(14)11(9)15-12/h8H,3-7H2,1-2H3. The molecule has 0 radical (unpaired) electrons. The molecule has 1 aliphatic carbocycles. The van der Waals surface area contributed by atoms with Gasteiger partial charge in [0.15, 0.2) is 5.78 Å². The van der Waals surface area contributed by atoms with Crippen LogP contribution in [0.15, 0.2) is 0 Å². The number of hydrogen-bond acceptors (Lipinski definition) is 3. The average Bonchev–Trinajstić information content (AvgIpc) is 2.65. The summed E-state index contributed by atoms with van der Waals surface area (Å²) in [6.45, 7) is 4.38. The number of hydrogen-bond donors (Lipinski definition) is 0. The lowest BCUT2D eigenvalue weighted by molar-refractivity contribution is 0.0976. The first kappa shape index (κ1) is 10.8. The molecule has 0 aliphatic heterocycles. The van der Waals surface area contributed by atoms with E-state index in [1.165, 1.54) is 5.01 Å². The highest BCUT2D eigenvalue weighted by atomic mass is 32.1. The molecule has 0 saturated heterocycles. The summed E-state index contributed by atoms with van der Waals surface area (Å²) >= 11 is 1.64. The number of carbonyl (C=O) groups excluding carboxylic acids is 1. The van der Waals surface area contributed by atoms with Crippen molar-refractivity contribution >= 4 is 17.1 Å². The van der Waals surface area contributed by atoms with Crippen LogP contribution in [0.4, 0.5) is 0 Å². The Hall–Kier alpha value is -0.700. The molecule has 0 fully saturated rings. The van der Waals surface area contributed by atoms with Gasteiger partial charge in [-0.25, -0.2) is 4.98 Å². The number of thiazole rings is 1. The van der Waals surface area contributed by atoms with Gasteiger partial charge in [-0.15, -0.1) is 11.3 Å². The van der Waals surface area contributed by atoms with Crippen molar-refractivity contribution in [2.45, 2.75) is 51.9 Å². The second kappa shape index (κ2) is 4.44. The molecule has 82 valence electrons. The van der Waals surface area contributed by atoms with Gasteiger partial charge in [0, 0.05) is 12.3 Å². The van der Waals surface area contributed by atoms with E-state index in [1.54, 1.807) is 11.3 Å². The minimum Gasteiger partial charge on any atom is -0.293 e. The van der Waals surface area contributed by atoms with Gasteiger partial charge < -0.3 is 0 Å². The van der Waals surface area contributed by atoms with Crippen LogP contribution in [0.25, 0.3) is 0 Å². The molecule has 15 heavy (non-hydrogen) atoms. The molecule has 0 amide bonds. The SMILES string of the molecule is CCC(CC)c1nc2c(s1)C(=O)CCC2. The van der Waals surface area contributed by atoms with E-state index in [9.17, 15) is 4.79 Å². The highest BCUT2D eigenvalue weighted by Crippen LogP contribution is 2.33. The van der Waals surface area contributed by atoms with Gasteiger partial charge in [0.1, 0.15) is 0 Å². The topological polar surface area (TPSA) is 30.0 Å². The fourth-order valence-corrected chi connectivity index (χ4v) is 3.45. The van der Waals surface area contributed by atoms with E-state index in [2.05, 4.69) is 18.8 Å². The first-order valence-corrected chi connectivity index (χ1v) is 6.60. The maximum absolute atomic E-state index is 11.7. The minimum atomic E-state index is 0.311. The van der Waals surface area contributed by atoms with Crippen LogP contribution in [0.2, 0.25) is 0 Å². The molecular weight excluding hydrogens is 206 g/mol. The molecule has 0 aromatic carbocycles. The van der Waals surface area contributed by atoms with Gasteiger partial charge in [-0.3, -0.25) is 4.79 Å². The van der Waals surface area contributed by atoms with Crippen molar-refractivity contribution in [2.24, 2.45) is 0 Å². The number of Topliss-reactive ketones (excluding diaryl/α,β-unsaturated/α-hetero) is 1. The summed E-state index contributed by atoms with van der Waals surface area (Å²) < 4.78 is 0. The molecule has 2 rings (SSSR count). The third-order valence-electron chi connectivity index (χ3n) is 3.12. The summed E-state index contributed by atoms with van der Waals surface area (Å²) in [6.07, 6.45) is 4.95. The van der Waals surface area contributed by atoms with Gasteiger partial charge in [0.25, 0.3) is 0 Å². The van der Waals surface area contributed by atoms with Crippen molar-refractivity contribution in [3.05, 3.63) is 15.6 Å². The van der Waals surface area contributed by atoms with Gasteiger partial charge in [-0.1, -0.05) is 13.8 Å². The number of nitrogens with zero attached hydrogens (tertiary/aromatic N) is 1. The zero-order valence-corrected chi connectivity index (χ0v) is 10.2. The third kappa shape index (κ3) is 1.98. The molecule has 1 aromatic heterocycles. The fraction of sp³-hybridized carbons (Fsp3) is 0.667. The van der Waals surface area contributed by atoms with E-state index in [1.807, 2.05) is 0 Å². The molecule has 0 bridgehead atoms. The van der Waals surface area contributed by atoms with Crippen molar-refractivity contribution in [1.29, 1.82) is 0 Å². The van der Waals surface area contributed by atoms with E-state index in [0.29, 0.717) is 11.7 Å². The van der Waals surface area contributed by atoms with Crippen LogP contribution in [-0.4, -0.2) is 10.8 Å². The lowest BCUT2D eigenvalue weighted by atomic mass is 10.0. The Bertz CT molecular complexity index is 366. The van der Waals surface area contributed by atoms with Crippen LogP contribution in [0, 0.1) is 0 Å². The number of aryl methyl sites for hydroxylation is 1. The molecule has 0 spiro atoms. The van der Waals surface area contributed by atoms with Crippen molar-refractivity contribution in [1.82, 2.24) is 4.98 Å². The molecule has 0 unspecified atom stereocenters. The second-order valence-electron chi connectivity index (χ2n) is 4.12. The highest BCUT2D eigenvalue weighted by molar-refractivity contribution is 7.14. The first-order chi connectivity index (χ1) is 7.26. The molecule has 1 aliphatic rings. The van der Waals surface area contributed by atoms with Crippen LogP contribution in [0.3, 0.4) is 0 Å². The number of aromatic nitrogens is 1. The summed E-state index contributed by atoms with van der Waals surface area (Å²) in [5.74, 6) is 0.861. The van der Waals surface area contributed by atoms with Gasteiger partial charge in [0.05, 0.1) is 15.6 Å². The summed E-state index contributed by atoms with van der Waals surface area (Å²) in [7, 11) is 0. The summed E-state index contributed by atoms with van der Waals surface area (Å²) in [5, 5.41) is 1.18. The molecule has 1 heterocycles. The smallest absolute Gasteiger partial charge is 0.174 e. The Balaban J connectivity index is 2.32. The Morgan fingerprint density at radius 3 is 2.67 bits per heavy atom. The largest absolute Gasteiger partial charge is 0.293 e. The van der Waals surface area contributed by atoms with Gasteiger partial charge in [-0.05, 0) is 25.7 Å². The maximum atomic E-state index is 11.7. The average molecular weight is 223 g/mol. The quantitative estimate of drug-likeness (QED) is 0.784. The van der Waals surface area contributed by atoms with E-state index < -0.39 is 0 Å². The van der Waals surface area contributed by atoms with E-state index >= 15 is 0 Å². The first-order valence-electron chi connectivity index (χ1n) is 5.79. The lowest BCUT2D eigenvalue weighted by Gasteiger charge is -2.06. The number of ketones is 1. The van der Waals surface area contributed by atoms with Crippen LogP contribution in [-0.2, 0) is 6.42 Å². The Labute approximate surface area is 94.7 Å². The second-order valence-corrected chi connectivity index (χ2v) is 5.15. The maximum Gasteiger partial charge on any atom is 0.174 e. The zero-order valence-electron chi connectivity index (χ0n) is 9.38. The minimum absolute atomic E-state index is 0.311. The van der Waals surface area contributed by atoms with Crippen LogP contribution < -0.4 is 0 Å². The lowest BCUT2D eigenvalue weighted by Crippen LogP contribution is -2.07. The number of carbonyl (C=O) groups is 1. The van der Waals surface area contributed by atoms with Gasteiger partial charge in [0.2, 0.25) is 0 Å². The normalized spacial score (nSPS) is 15.8. The van der Waals surface area contributed by atoms with Crippen molar-refractivity contribution < 1.29 is 4.79 Å². The molecule has 3 heteroatoms. The van der Waals surface area contributed by atoms with E-state index in [4.69, 9.17) is 0 Å². The monoisotopic (exact) mass is 223 g/mol. The predicted molar refractivity (Wildman–Crippen MR) is 62.7 cm³/mol. The van der Waals surface area contributed by atoms with Crippen molar-refractivity contribution in [2.75, 3.05) is 0 Å². The van der Waals surface area contributed by atoms with Crippen molar-refractivity contribution in [3.8, 4) is 0 Å². The van der Waals surface area contributed by atoms with Gasteiger partial charge in [-0.2, -0.15) is 0 Å². The fourth-order valence-electron chi connectivity index (χ4n) is 2.10.